The van der Waals surface area contributed by atoms with Crippen molar-refractivity contribution >= 4 is 24.0 Å². The van der Waals surface area contributed by atoms with Gasteiger partial charge in [0.1, 0.15) is 0 Å². The van der Waals surface area contributed by atoms with Crippen LogP contribution in [0.5, 0.6) is 0 Å². The zero-order valence-electron chi connectivity index (χ0n) is 11.4. The summed E-state index contributed by atoms with van der Waals surface area (Å²) in [6.45, 7) is 3.01. The van der Waals surface area contributed by atoms with Crippen LogP contribution in [0.15, 0.2) is 24.3 Å². The Kier molecular flexibility index (Phi) is 5.67. The van der Waals surface area contributed by atoms with Crippen molar-refractivity contribution in [2.24, 2.45) is 5.41 Å². The second kappa shape index (κ2) is 6.80. The van der Waals surface area contributed by atoms with Crippen LogP contribution in [0, 0.1) is 5.41 Å². The molecule has 0 radical (unpaired) electrons. The SMILES string of the molecule is CCC1(CNC(=O)c2cccc(N)c2)CCCC1.Cl. The third-order valence-corrected chi connectivity index (χ3v) is 4.19. The van der Waals surface area contributed by atoms with Crippen LogP contribution in [-0.4, -0.2) is 12.5 Å². The largest absolute Gasteiger partial charge is 0.399 e. The van der Waals surface area contributed by atoms with E-state index in [1.54, 1.807) is 18.2 Å². The van der Waals surface area contributed by atoms with E-state index in [1.807, 2.05) is 6.07 Å². The van der Waals surface area contributed by atoms with Crippen LogP contribution in [0.25, 0.3) is 0 Å². The molecule has 3 N–H and O–H groups in total. The lowest BCUT2D eigenvalue weighted by molar-refractivity contribution is 0.0929. The second-order valence-electron chi connectivity index (χ2n) is 5.37. The van der Waals surface area contributed by atoms with Crippen molar-refractivity contribution in [3.05, 3.63) is 29.8 Å². The van der Waals surface area contributed by atoms with Gasteiger partial charge in [0.2, 0.25) is 0 Å². The first-order valence-electron chi connectivity index (χ1n) is 6.79. The maximum absolute atomic E-state index is 12.0. The Hall–Kier alpha value is -1.22. The average Bonchev–Trinajstić information content (AvgIpc) is 2.85. The van der Waals surface area contributed by atoms with Crippen molar-refractivity contribution in [1.29, 1.82) is 0 Å². The quantitative estimate of drug-likeness (QED) is 0.832. The second-order valence-corrected chi connectivity index (χ2v) is 5.37. The lowest BCUT2D eigenvalue weighted by Gasteiger charge is -2.27. The molecule has 2 rings (SSSR count). The Morgan fingerprint density at radius 1 is 1.37 bits per heavy atom. The fourth-order valence-corrected chi connectivity index (χ4v) is 2.83. The highest BCUT2D eigenvalue weighted by Crippen LogP contribution is 2.40. The molecule has 0 aliphatic heterocycles. The summed E-state index contributed by atoms with van der Waals surface area (Å²) in [4.78, 5) is 12.0. The van der Waals surface area contributed by atoms with Crippen LogP contribution in [0.1, 0.15) is 49.4 Å². The third-order valence-electron chi connectivity index (χ3n) is 4.19. The number of anilines is 1. The number of hydrogen-bond acceptors (Lipinski definition) is 2. The minimum absolute atomic E-state index is 0. The summed E-state index contributed by atoms with van der Waals surface area (Å²) < 4.78 is 0. The number of nitrogens with one attached hydrogen (secondary N) is 1. The fraction of sp³-hybridized carbons (Fsp3) is 0.533. The smallest absolute Gasteiger partial charge is 0.251 e. The van der Waals surface area contributed by atoms with Crippen molar-refractivity contribution < 1.29 is 4.79 Å². The Labute approximate surface area is 121 Å². The highest BCUT2D eigenvalue weighted by atomic mass is 35.5. The summed E-state index contributed by atoms with van der Waals surface area (Å²) in [6.07, 6.45) is 6.20. The highest BCUT2D eigenvalue weighted by molar-refractivity contribution is 5.95. The third kappa shape index (κ3) is 3.87. The minimum atomic E-state index is -0.0120. The van der Waals surface area contributed by atoms with Gasteiger partial charge in [0.15, 0.2) is 0 Å². The normalized spacial score (nSPS) is 16.7. The molecule has 0 spiro atoms. The first-order chi connectivity index (χ1) is 8.65. The predicted molar refractivity (Wildman–Crippen MR) is 81.6 cm³/mol. The van der Waals surface area contributed by atoms with E-state index >= 15 is 0 Å². The molecule has 0 atom stereocenters. The van der Waals surface area contributed by atoms with Crippen molar-refractivity contribution in [3.8, 4) is 0 Å². The summed E-state index contributed by atoms with van der Waals surface area (Å²) in [7, 11) is 0. The molecule has 1 fully saturated rings. The van der Waals surface area contributed by atoms with Gasteiger partial charge in [-0.25, -0.2) is 0 Å². The Balaban J connectivity index is 0.00000180. The van der Waals surface area contributed by atoms with E-state index in [-0.39, 0.29) is 18.3 Å². The van der Waals surface area contributed by atoms with Gasteiger partial charge < -0.3 is 11.1 Å². The first kappa shape index (κ1) is 15.8. The van der Waals surface area contributed by atoms with E-state index in [1.165, 1.54) is 25.7 Å². The molecule has 1 amide bonds. The molecule has 19 heavy (non-hydrogen) atoms. The van der Waals surface area contributed by atoms with Crippen LogP contribution in [0.3, 0.4) is 0 Å². The zero-order chi connectivity index (χ0) is 13.0. The Morgan fingerprint density at radius 3 is 2.63 bits per heavy atom. The number of carbonyl (C=O) groups is 1. The Bertz CT molecular complexity index is 428. The van der Waals surface area contributed by atoms with Gasteiger partial charge in [-0.1, -0.05) is 25.8 Å². The summed E-state index contributed by atoms with van der Waals surface area (Å²) in [5, 5.41) is 3.07. The molecule has 106 valence electrons. The van der Waals surface area contributed by atoms with Crippen LogP contribution >= 0.6 is 12.4 Å². The number of halogens is 1. The van der Waals surface area contributed by atoms with Gasteiger partial charge in [0.05, 0.1) is 0 Å². The van der Waals surface area contributed by atoms with E-state index in [4.69, 9.17) is 5.73 Å². The highest BCUT2D eigenvalue weighted by Gasteiger charge is 2.32. The van der Waals surface area contributed by atoms with E-state index in [9.17, 15) is 4.79 Å². The van der Waals surface area contributed by atoms with Gasteiger partial charge in [-0.05, 0) is 42.9 Å². The molecular weight excluding hydrogens is 260 g/mol. The summed E-state index contributed by atoms with van der Waals surface area (Å²) in [5.41, 5.74) is 7.30. The minimum Gasteiger partial charge on any atom is -0.399 e. The molecule has 0 saturated heterocycles. The first-order valence-corrected chi connectivity index (χ1v) is 6.79. The Morgan fingerprint density at radius 2 is 2.05 bits per heavy atom. The molecule has 3 nitrogen and oxygen atoms in total. The number of nitrogen functional groups attached to an aromatic ring is 1. The van der Waals surface area contributed by atoms with Crippen molar-refractivity contribution in [2.75, 3.05) is 12.3 Å². The van der Waals surface area contributed by atoms with Crippen LogP contribution in [0.2, 0.25) is 0 Å². The molecule has 1 aliphatic rings. The molecule has 0 unspecified atom stereocenters. The number of rotatable bonds is 4. The van der Waals surface area contributed by atoms with Gasteiger partial charge in [-0.15, -0.1) is 12.4 Å². The van der Waals surface area contributed by atoms with Gasteiger partial charge in [-0.2, -0.15) is 0 Å². The van der Waals surface area contributed by atoms with Crippen LogP contribution in [-0.2, 0) is 0 Å². The predicted octanol–water partition coefficient (Wildman–Crippen LogP) is 3.39. The maximum Gasteiger partial charge on any atom is 0.251 e. The standard InChI is InChI=1S/C15H22N2O.ClH/c1-2-15(8-3-4-9-15)11-17-14(18)12-6-5-7-13(16)10-12;/h5-7,10H,2-4,8-9,11,16H2,1H3,(H,17,18);1H. The number of amides is 1. The summed E-state index contributed by atoms with van der Waals surface area (Å²) in [5.74, 6) is -0.0120. The van der Waals surface area contributed by atoms with Crippen molar-refractivity contribution in [2.45, 2.75) is 39.0 Å². The van der Waals surface area contributed by atoms with Crippen molar-refractivity contribution in [1.82, 2.24) is 5.32 Å². The van der Waals surface area contributed by atoms with Crippen molar-refractivity contribution in [3.63, 3.8) is 0 Å². The van der Waals surface area contributed by atoms with E-state index < -0.39 is 0 Å². The molecule has 1 aliphatic carbocycles. The zero-order valence-corrected chi connectivity index (χ0v) is 12.3. The van der Waals surface area contributed by atoms with Gasteiger partial charge in [-0.3, -0.25) is 4.79 Å². The molecule has 1 aromatic rings. The molecule has 0 heterocycles. The van der Waals surface area contributed by atoms with Gasteiger partial charge >= 0.3 is 0 Å². The summed E-state index contributed by atoms with van der Waals surface area (Å²) >= 11 is 0. The number of carbonyl (C=O) groups excluding carboxylic acids is 1. The topological polar surface area (TPSA) is 55.1 Å². The number of nitrogens with two attached hydrogens (primary N) is 1. The molecule has 4 heteroatoms. The van der Waals surface area contributed by atoms with Gasteiger partial charge in [0.25, 0.3) is 5.91 Å². The van der Waals surface area contributed by atoms with E-state index in [2.05, 4.69) is 12.2 Å². The molecule has 0 aromatic heterocycles. The molecular formula is C15H23ClN2O. The molecule has 1 saturated carbocycles. The number of hydrogen-bond donors (Lipinski definition) is 2. The summed E-state index contributed by atoms with van der Waals surface area (Å²) in [6, 6.07) is 7.14. The van der Waals surface area contributed by atoms with Gasteiger partial charge in [0, 0.05) is 17.8 Å². The van der Waals surface area contributed by atoms with Crippen LogP contribution < -0.4 is 11.1 Å². The average molecular weight is 283 g/mol. The van der Waals surface area contributed by atoms with E-state index in [0.717, 1.165) is 13.0 Å². The van der Waals surface area contributed by atoms with E-state index in [0.29, 0.717) is 16.7 Å². The maximum atomic E-state index is 12.0. The molecule has 1 aromatic carbocycles. The lowest BCUT2D eigenvalue weighted by atomic mass is 9.83. The van der Waals surface area contributed by atoms with Crippen LogP contribution in [0.4, 0.5) is 5.69 Å². The monoisotopic (exact) mass is 282 g/mol. The fourth-order valence-electron chi connectivity index (χ4n) is 2.83. The lowest BCUT2D eigenvalue weighted by Crippen LogP contribution is -2.35. The molecule has 0 bridgehead atoms. The number of benzene rings is 1.